The lowest BCUT2D eigenvalue weighted by molar-refractivity contribution is -0.0219. The van der Waals surface area contributed by atoms with Crippen LogP contribution in [-0.2, 0) is 4.74 Å². The molecule has 0 amide bonds. The van der Waals surface area contributed by atoms with Crippen molar-refractivity contribution in [2.75, 3.05) is 33.2 Å². The summed E-state index contributed by atoms with van der Waals surface area (Å²) in [5.41, 5.74) is 0.368. The molecule has 1 saturated heterocycles. The molecule has 2 rings (SSSR count). The third-order valence-corrected chi connectivity index (χ3v) is 5.78. The van der Waals surface area contributed by atoms with Crippen LogP contribution in [0.1, 0.15) is 66.2 Å². The highest BCUT2D eigenvalue weighted by Gasteiger charge is 2.30. The number of likely N-dealkylation sites (N-methyl/N-ethyl adjacent to an activating group) is 1. The third kappa shape index (κ3) is 5.50. The Labute approximate surface area is 138 Å². The molecule has 0 radical (unpaired) electrons. The quantitative estimate of drug-likeness (QED) is 0.742. The zero-order chi connectivity index (χ0) is 16.2. The van der Waals surface area contributed by atoms with Gasteiger partial charge in [0.2, 0.25) is 0 Å². The van der Waals surface area contributed by atoms with E-state index in [0.717, 1.165) is 5.92 Å². The molecule has 22 heavy (non-hydrogen) atoms. The molecule has 0 aromatic rings. The maximum absolute atomic E-state index is 5.98. The van der Waals surface area contributed by atoms with E-state index in [9.17, 15) is 0 Å². The number of nitrogens with zero attached hydrogens (tertiary/aromatic N) is 2. The van der Waals surface area contributed by atoms with Crippen LogP contribution in [0.3, 0.4) is 0 Å². The molecule has 0 spiro atoms. The summed E-state index contributed by atoms with van der Waals surface area (Å²) >= 11 is 0. The molecule has 130 valence electrons. The van der Waals surface area contributed by atoms with Gasteiger partial charge >= 0.3 is 0 Å². The van der Waals surface area contributed by atoms with Crippen LogP contribution < -0.4 is 0 Å². The van der Waals surface area contributed by atoms with Crippen molar-refractivity contribution in [1.29, 1.82) is 0 Å². The largest absolute Gasteiger partial charge is 0.376 e. The van der Waals surface area contributed by atoms with Gasteiger partial charge in [0, 0.05) is 31.7 Å². The first kappa shape index (κ1) is 18.2. The Hall–Kier alpha value is -0.120. The molecule has 1 aliphatic carbocycles. The van der Waals surface area contributed by atoms with E-state index in [4.69, 9.17) is 4.74 Å². The van der Waals surface area contributed by atoms with E-state index in [1.165, 1.54) is 64.7 Å². The average molecular weight is 311 g/mol. The lowest BCUT2D eigenvalue weighted by Gasteiger charge is -2.44. The van der Waals surface area contributed by atoms with Crippen molar-refractivity contribution >= 4 is 0 Å². The highest BCUT2D eigenvalue weighted by molar-refractivity contribution is 4.86. The second-order valence-electron chi connectivity index (χ2n) is 8.47. The highest BCUT2D eigenvalue weighted by atomic mass is 16.5. The smallest absolute Gasteiger partial charge is 0.0578 e. The molecule has 0 N–H and O–H groups in total. The third-order valence-electron chi connectivity index (χ3n) is 5.78. The zero-order valence-electron chi connectivity index (χ0n) is 15.6. The molecule has 2 aliphatic rings. The van der Waals surface area contributed by atoms with Crippen molar-refractivity contribution in [3.8, 4) is 0 Å². The maximum atomic E-state index is 5.98. The second-order valence-corrected chi connectivity index (χ2v) is 8.47. The van der Waals surface area contributed by atoms with E-state index in [1.54, 1.807) is 0 Å². The molecule has 3 nitrogen and oxygen atoms in total. The molecule has 2 fully saturated rings. The minimum absolute atomic E-state index is 0.368. The normalized spacial score (nSPS) is 29.2. The standard InChI is InChI=1S/C19H38N2O/c1-16(2)22-18-8-6-17(7-9-18)10-11-19(3,4)21-14-12-20(5)13-15-21/h16-18H,6-15H2,1-5H3. The van der Waals surface area contributed by atoms with Crippen LogP contribution in [0.4, 0.5) is 0 Å². The topological polar surface area (TPSA) is 15.7 Å². The van der Waals surface area contributed by atoms with Gasteiger partial charge in [-0.3, -0.25) is 4.90 Å². The molecule has 0 aromatic carbocycles. The van der Waals surface area contributed by atoms with Crippen molar-refractivity contribution in [3.63, 3.8) is 0 Å². The molecular formula is C19H38N2O. The van der Waals surface area contributed by atoms with Gasteiger partial charge in [-0.2, -0.15) is 0 Å². The predicted octanol–water partition coefficient (Wildman–Crippen LogP) is 3.78. The summed E-state index contributed by atoms with van der Waals surface area (Å²) < 4.78 is 5.98. The Morgan fingerprint density at radius 1 is 1.00 bits per heavy atom. The zero-order valence-corrected chi connectivity index (χ0v) is 15.6. The minimum Gasteiger partial charge on any atom is -0.376 e. The fourth-order valence-electron chi connectivity index (χ4n) is 4.07. The van der Waals surface area contributed by atoms with Gasteiger partial charge in [0.05, 0.1) is 12.2 Å². The molecule has 0 unspecified atom stereocenters. The molecular weight excluding hydrogens is 272 g/mol. The van der Waals surface area contributed by atoms with Crippen LogP contribution in [0.25, 0.3) is 0 Å². The molecule has 1 saturated carbocycles. The highest BCUT2D eigenvalue weighted by Crippen LogP contribution is 2.33. The number of hydrogen-bond donors (Lipinski definition) is 0. The molecule has 0 atom stereocenters. The Bertz CT molecular complexity index is 313. The summed E-state index contributed by atoms with van der Waals surface area (Å²) in [5.74, 6) is 0.929. The summed E-state index contributed by atoms with van der Waals surface area (Å²) in [4.78, 5) is 5.16. The van der Waals surface area contributed by atoms with E-state index in [-0.39, 0.29) is 0 Å². The summed E-state index contributed by atoms with van der Waals surface area (Å²) in [5, 5.41) is 0. The van der Waals surface area contributed by atoms with Gasteiger partial charge in [-0.25, -0.2) is 0 Å². The SMILES string of the molecule is CC(C)OC1CCC(CCC(C)(C)N2CCN(C)CC2)CC1. The molecule has 0 aromatic heterocycles. The monoisotopic (exact) mass is 310 g/mol. The molecule has 1 aliphatic heterocycles. The first-order valence-electron chi connectivity index (χ1n) is 9.46. The average Bonchev–Trinajstić information content (AvgIpc) is 2.46. The van der Waals surface area contributed by atoms with E-state index in [1.807, 2.05) is 0 Å². The van der Waals surface area contributed by atoms with Gasteiger partial charge in [0.1, 0.15) is 0 Å². The summed E-state index contributed by atoms with van der Waals surface area (Å²) in [6.07, 6.45) is 8.95. The Morgan fingerprint density at radius 3 is 2.14 bits per heavy atom. The van der Waals surface area contributed by atoms with Crippen LogP contribution in [0, 0.1) is 5.92 Å². The van der Waals surface area contributed by atoms with Crippen LogP contribution in [-0.4, -0.2) is 60.8 Å². The number of ether oxygens (including phenoxy) is 1. The molecule has 0 bridgehead atoms. The summed E-state index contributed by atoms with van der Waals surface area (Å²) in [6.45, 7) is 14.1. The van der Waals surface area contributed by atoms with Gasteiger partial charge in [-0.1, -0.05) is 0 Å². The van der Waals surface area contributed by atoms with Crippen molar-refractivity contribution in [2.45, 2.75) is 84.0 Å². The number of rotatable bonds is 6. The van der Waals surface area contributed by atoms with Crippen molar-refractivity contribution < 1.29 is 4.74 Å². The fourth-order valence-corrected chi connectivity index (χ4v) is 4.07. The maximum Gasteiger partial charge on any atom is 0.0578 e. The van der Waals surface area contributed by atoms with E-state index >= 15 is 0 Å². The van der Waals surface area contributed by atoms with E-state index in [0.29, 0.717) is 17.7 Å². The minimum atomic E-state index is 0.368. The van der Waals surface area contributed by atoms with Crippen LogP contribution in [0.5, 0.6) is 0 Å². The van der Waals surface area contributed by atoms with E-state index in [2.05, 4.69) is 44.5 Å². The van der Waals surface area contributed by atoms with Gasteiger partial charge in [0.25, 0.3) is 0 Å². The summed E-state index contributed by atoms with van der Waals surface area (Å²) in [7, 11) is 2.24. The van der Waals surface area contributed by atoms with Gasteiger partial charge in [0.15, 0.2) is 0 Å². The van der Waals surface area contributed by atoms with Crippen LogP contribution in [0.2, 0.25) is 0 Å². The first-order valence-corrected chi connectivity index (χ1v) is 9.46. The molecule has 1 heterocycles. The Kier molecular flexibility index (Phi) is 6.73. The van der Waals surface area contributed by atoms with Crippen LogP contribution >= 0.6 is 0 Å². The first-order chi connectivity index (χ1) is 10.4. The predicted molar refractivity (Wildman–Crippen MR) is 94.4 cm³/mol. The van der Waals surface area contributed by atoms with Gasteiger partial charge in [-0.05, 0) is 79.2 Å². The number of hydrogen-bond acceptors (Lipinski definition) is 3. The molecule has 3 heteroatoms. The fraction of sp³-hybridized carbons (Fsp3) is 1.00. The lowest BCUT2D eigenvalue weighted by Crippen LogP contribution is -2.53. The van der Waals surface area contributed by atoms with Gasteiger partial charge < -0.3 is 9.64 Å². The van der Waals surface area contributed by atoms with Crippen molar-refractivity contribution in [1.82, 2.24) is 9.80 Å². The lowest BCUT2D eigenvalue weighted by atomic mass is 9.81. The van der Waals surface area contributed by atoms with Crippen molar-refractivity contribution in [3.05, 3.63) is 0 Å². The summed E-state index contributed by atoms with van der Waals surface area (Å²) in [6, 6.07) is 0. The van der Waals surface area contributed by atoms with Gasteiger partial charge in [-0.15, -0.1) is 0 Å². The number of piperazine rings is 1. The van der Waals surface area contributed by atoms with Crippen LogP contribution in [0.15, 0.2) is 0 Å². The Balaban J connectivity index is 1.69. The van der Waals surface area contributed by atoms with Crippen molar-refractivity contribution in [2.24, 2.45) is 5.92 Å². The second kappa shape index (κ2) is 8.12. The van der Waals surface area contributed by atoms with E-state index < -0.39 is 0 Å². The Morgan fingerprint density at radius 2 is 1.59 bits per heavy atom.